The van der Waals surface area contributed by atoms with Crippen LogP contribution in [-0.2, 0) is 6.54 Å². The summed E-state index contributed by atoms with van der Waals surface area (Å²) < 4.78 is 0. The van der Waals surface area contributed by atoms with Crippen LogP contribution in [0.1, 0.15) is 35.3 Å². The standard InChI is InChI=1S/C17H22N4O/c1-4-21(5-2)17-19-11-15(12-20-17)16(22)18-10-14-8-6-7-13(3)9-14/h6-9,11-12H,4-5,10H2,1-3H3,(H,18,22). The van der Waals surface area contributed by atoms with E-state index in [4.69, 9.17) is 0 Å². The number of nitrogens with one attached hydrogen (secondary N) is 1. The molecule has 116 valence electrons. The van der Waals surface area contributed by atoms with Crippen LogP contribution in [0.15, 0.2) is 36.7 Å². The number of rotatable bonds is 6. The summed E-state index contributed by atoms with van der Waals surface area (Å²) in [4.78, 5) is 22.7. The molecule has 2 rings (SSSR count). The van der Waals surface area contributed by atoms with Crippen molar-refractivity contribution >= 4 is 11.9 Å². The van der Waals surface area contributed by atoms with Gasteiger partial charge in [-0.2, -0.15) is 0 Å². The van der Waals surface area contributed by atoms with Gasteiger partial charge in [-0.1, -0.05) is 29.8 Å². The third-order valence-corrected chi connectivity index (χ3v) is 3.48. The molecule has 2 aromatic rings. The van der Waals surface area contributed by atoms with Gasteiger partial charge in [-0.05, 0) is 26.3 Å². The summed E-state index contributed by atoms with van der Waals surface area (Å²) in [5.41, 5.74) is 2.73. The Morgan fingerprint density at radius 3 is 2.45 bits per heavy atom. The quantitative estimate of drug-likeness (QED) is 0.890. The van der Waals surface area contributed by atoms with Crippen molar-refractivity contribution in [2.45, 2.75) is 27.3 Å². The molecule has 1 heterocycles. The molecule has 0 atom stereocenters. The number of aryl methyl sites for hydroxylation is 1. The molecule has 1 aromatic carbocycles. The number of benzene rings is 1. The molecule has 22 heavy (non-hydrogen) atoms. The van der Waals surface area contributed by atoms with E-state index in [0.29, 0.717) is 18.1 Å². The lowest BCUT2D eigenvalue weighted by Gasteiger charge is -2.18. The van der Waals surface area contributed by atoms with Gasteiger partial charge < -0.3 is 10.2 Å². The summed E-state index contributed by atoms with van der Waals surface area (Å²) in [5.74, 6) is 0.493. The van der Waals surface area contributed by atoms with Crippen LogP contribution >= 0.6 is 0 Å². The second-order valence-electron chi connectivity index (χ2n) is 5.12. The Kier molecular flexibility index (Phi) is 5.47. The van der Waals surface area contributed by atoms with Gasteiger partial charge in [-0.15, -0.1) is 0 Å². The molecule has 1 amide bonds. The van der Waals surface area contributed by atoms with Crippen molar-refractivity contribution in [2.75, 3.05) is 18.0 Å². The number of aromatic nitrogens is 2. The van der Waals surface area contributed by atoms with Crippen molar-refractivity contribution in [1.82, 2.24) is 15.3 Å². The first kappa shape index (κ1) is 15.9. The molecule has 5 heteroatoms. The number of amides is 1. The van der Waals surface area contributed by atoms with Crippen LogP contribution in [0.2, 0.25) is 0 Å². The second kappa shape index (κ2) is 7.54. The van der Waals surface area contributed by atoms with E-state index >= 15 is 0 Å². The van der Waals surface area contributed by atoms with Crippen molar-refractivity contribution in [3.05, 3.63) is 53.3 Å². The first-order chi connectivity index (χ1) is 10.6. The predicted molar refractivity (Wildman–Crippen MR) is 87.9 cm³/mol. The van der Waals surface area contributed by atoms with Gasteiger partial charge in [-0.25, -0.2) is 9.97 Å². The Labute approximate surface area is 131 Å². The van der Waals surface area contributed by atoms with E-state index in [2.05, 4.69) is 35.2 Å². The maximum atomic E-state index is 12.1. The molecule has 0 radical (unpaired) electrons. The number of nitrogens with zero attached hydrogens (tertiary/aromatic N) is 3. The van der Waals surface area contributed by atoms with Crippen molar-refractivity contribution in [3.63, 3.8) is 0 Å². The minimum atomic E-state index is -0.160. The van der Waals surface area contributed by atoms with Crippen LogP contribution in [0.25, 0.3) is 0 Å². The molecular formula is C17H22N4O. The first-order valence-electron chi connectivity index (χ1n) is 7.54. The number of carbonyl (C=O) groups excluding carboxylic acids is 1. The number of hydrogen-bond donors (Lipinski definition) is 1. The molecular weight excluding hydrogens is 276 g/mol. The third-order valence-electron chi connectivity index (χ3n) is 3.48. The number of carbonyl (C=O) groups is 1. The van der Waals surface area contributed by atoms with E-state index in [1.807, 2.05) is 30.0 Å². The van der Waals surface area contributed by atoms with Crippen LogP contribution in [0.5, 0.6) is 0 Å². The smallest absolute Gasteiger partial charge is 0.254 e. The fourth-order valence-corrected chi connectivity index (χ4v) is 2.21. The molecule has 0 saturated heterocycles. The van der Waals surface area contributed by atoms with Gasteiger partial charge in [0, 0.05) is 32.0 Å². The van der Waals surface area contributed by atoms with Crippen molar-refractivity contribution in [3.8, 4) is 0 Å². The molecule has 5 nitrogen and oxygen atoms in total. The zero-order valence-corrected chi connectivity index (χ0v) is 13.3. The SMILES string of the molecule is CCN(CC)c1ncc(C(=O)NCc2cccc(C)c2)cn1. The Morgan fingerprint density at radius 1 is 1.18 bits per heavy atom. The van der Waals surface area contributed by atoms with E-state index in [1.165, 1.54) is 5.56 Å². The van der Waals surface area contributed by atoms with Crippen molar-refractivity contribution < 1.29 is 4.79 Å². The van der Waals surface area contributed by atoms with Crippen molar-refractivity contribution in [2.24, 2.45) is 0 Å². The maximum Gasteiger partial charge on any atom is 0.254 e. The normalized spacial score (nSPS) is 10.3. The van der Waals surface area contributed by atoms with Gasteiger partial charge in [-0.3, -0.25) is 4.79 Å². The first-order valence-corrected chi connectivity index (χ1v) is 7.54. The van der Waals surface area contributed by atoms with Gasteiger partial charge in [0.2, 0.25) is 5.95 Å². The highest BCUT2D eigenvalue weighted by molar-refractivity contribution is 5.93. The van der Waals surface area contributed by atoms with Gasteiger partial charge in [0.25, 0.3) is 5.91 Å². The third kappa shape index (κ3) is 4.04. The lowest BCUT2D eigenvalue weighted by molar-refractivity contribution is 0.0950. The predicted octanol–water partition coefficient (Wildman–Crippen LogP) is 2.56. The average Bonchev–Trinajstić information content (AvgIpc) is 2.54. The van der Waals surface area contributed by atoms with Crippen LogP contribution in [0.3, 0.4) is 0 Å². The van der Waals surface area contributed by atoms with Crippen LogP contribution in [0, 0.1) is 6.92 Å². The second-order valence-corrected chi connectivity index (χ2v) is 5.12. The lowest BCUT2D eigenvalue weighted by atomic mass is 10.1. The van der Waals surface area contributed by atoms with E-state index in [-0.39, 0.29) is 5.91 Å². The summed E-state index contributed by atoms with van der Waals surface area (Å²) >= 11 is 0. The molecule has 0 fully saturated rings. The minimum absolute atomic E-state index is 0.160. The van der Waals surface area contributed by atoms with Crippen molar-refractivity contribution in [1.29, 1.82) is 0 Å². The molecule has 0 bridgehead atoms. The fraction of sp³-hybridized carbons (Fsp3) is 0.353. The van der Waals surface area contributed by atoms with Crippen LogP contribution in [-0.4, -0.2) is 29.0 Å². The molecule has 0 aliphatic heterocycles. The number of anilines is 1. The molecule has 0 aliphatic rings. The zero-order valence-electron chi connectivity index (χ0n) is 13.3. The van der Waals surface area contributed by atoms with Crippen LogP contribution in [0.4, 0.5) is 5.95 Å². The zero-order chi connectivity index (χ0) is 15.9. The monoisotopic (exact) mass is 298 g/mol. The van der Waals surface area contributed by atoms with Gasteiger partial charge >= 0.3 is 0 Å². The Balaban J connectivity index is 1.98. The summed E-state index contributed by atoms with van der Waals surface area (Å²) in [6.07, 6.45) is 3.15. The maximum absolute atomic E-state index is 12.1. The largest absolute Gasteiger partial charge is 0.348 e. The minimum Gasteiger partial charge on any atom is -0.348 e. The Bertz CT molecular complexity index is 621. The average molecular weight is 298 g/mol. The van der Waals surface area contributed by atoms with Gasteiger partial charge in [0.1, 0.15) is 0 Å². The van der Waals surface area contributed by atoms with E-state index in [0.717, 1.165) is 18.7 Å². The van der Waals surface area contributed by atoms with E-state index in [9.17, 15) is 4.79 Å². The Morgan fingerprint density at radius 2 is 1.86 bits per heavy atom. The van der Waals surface area contributed by atoms with Crippen LogP contribution < -0.4 is 10.2 Å². The molecule has 0 spiro atoms. The van der Waals surface area contributed by atoms with Gasteiger partial charge in [0.05, 0.1) is 5.56 Å². The van der Waals surface area contributed by atoms with E-state index in [1.54, 1.807) is 12.4 Å². The highest BCUT2D eigenvalue weighted by atomic mass is 16.1. The highest BCUT2D eigenvalue weighted by Crippen LogP contribution is 2.07. The fourth-order valence-electron chi connectivity index (χ4n) is 2.21. The molecule has 1 N–H and O–H groups in total. The molecule has 0 unspecified atom stereocenters. The summed E-state index contributed by atoms with van der Waals surface area (Å²) in [5, 5.41) is 2.89. The highest BCUT2D eigenvalue weighted by Gasteiger charge is 2.09. The molecule has 0 aliphatic carbocycles. The summed E-state index contributed by atoms with van der Waals surface area (Å²) in [6, 6.07) is 8.07. The lowest BCUT2D eigenvalue weighted by Crippen LogP contribution is -2.26. The van der Waals surface area contributed by atoms with E-state index < -0.39 is 0 Å². The summed E-state index contributed by atoms with van der Waals surface area (Å²) in [6.45, 7) is 8.32. The molecule has 0 saturated carbocycles. The molecule has 1 aromatic heterocycles. The van der Waals surface area contributed by atoms with Gasteiger partial charge in [0.15, 0.2) is 0 Å². The Hall–Kier alpha value is -2.43. The topological polar surface area (TPSA) is 58.1 Å². The number of hydrogen-bond acceptors (Lipinski definition) is 4. The summed E-state index contributed by atoms with van der Waals surface area (Å²) in [7, 11) is 0.